The van der Waals surface area contributed by atoms with Crippen molar-refractivity contribution < 1.29 is 5.11 Å². The molecule has 0 atom stereocenters. The lowest BCUT2D eigenvalue weighted by atomic mass is 10.1. The van der Waals surface area contributed by atoms with Crippen LogP contribution in [-0.4, -0.2) is 29.2 Å². The summed E-state index contributed by atoms with van der Waals surface area (Å²) >= 11 is 0. The van der Waals surface area contributed by atoms with Crippen molar-refractivity contribution in [2.45, 2.75) is 26.4 Å². The van der Waals surface area contributed by atoms with Gasteiger partial charge in [-0.2, -0.15) is 0 Å². The lowest BCUT2D eigenvalue weighted by Crippen LogP contribution is -2.33. The van der Waals surface area contributed by atoms with Gasteiger partial charge in [0.15, 0.2) is 0 Å². The molecule has 1 rings (SSSR count). The minimum absolute atomic E-state index is 0.185. The van der Waals surface area contributed by atoms with Crippen LogP contribution in [0.1, 0.15) is 19.4 Å². The van der Waals surface area contributed by atoms with Crippen LogP contribution in [0.5, 0.6) is 0 Å². The third-order valence-electron chi connectivity index (χ3n) is 2.55. The van der Waals surface area contributed by atoms with Gasteiger partial charge in [-0.1, -0.05) is 18.2 Å². The van der Waals surface area contributed by atoms with Crippen molar-refractivity contribution in [1.29, 1.82) is 0 Å². The number of hydrogen-bond donors (Lipinski definition) is 2. The molecule has 0 saturated heterocycles. The van der Waals surface area contributed by atoms with E-state index in [1.54, 1.807) is 0 Å². The van der Waals surface area contributed by atoms with Gasteiger partial charge in [0, 0.05) is 24.8 Å². The summed E-state index contributed by atoms with van der Waals surface area (Å²) in [6.45, 7) is 5.91. The Hall–Kier alpha value is -1.06. The lowest BCUT2D eigenvalue weighted by molar-refractivity contribution is 0.159. The summed E-state index contributed by atoms with van der Waals surface area (Å²) in [7, 11) is 0. The van der Waals surface area contributed by atoms with Gasteiger partial charge in [-0.15, -0.1) is 0 Å². The summed E-state index contributed by atoms with van der Waals surface area (Å²) < 4.78 is 0. The van der Waals surface area contributed by atoms with Crippen molar-refractivity contribution in [1.82, 2.24) is 4.90 Å². The Balaban J connectivity index is 2.69. The maximum absolute atomic E-state index is 8.96. The molecule has 3 nitrogen and oxygen atoms in total. The van der Waals surface area contributed by atoms with Crippen LogP contribution in [0, 0.1) is 0 Å². The van der Waals surface area contributed by atoms with Gasteiger partial charge in [0.25, 0.3) is 0 Å². The highest BCUT2D eigenvalue weighted by molar-refractivity contribution is 5.46. The standard InChI is InChI=1S/C12H20N2O/c1-10(2)14(7-8-15)9-11-5-3-4-6-12(11)13/h3-6,10,15H,7-9,13H2,1-2H3. The molecule has 84 valence electrons. The molecule has 0 saturated carbocycles. The number of aliphatic hydroxyl groups excluding tert-OH is 1. The fourth-order valence-corrected chi connectivity index (χ4v) is 1.55. The van der Waals surface area contributed by atoms with Crippen LogP contribution >= 0.6 is 0 Å². The number of nitrogens with zero attached hydrogens (tertiary/aromatic N) is 1. The number of benzene rings is 1. The number of para-hydroxylation sites is 1. The Morgan fingerprint density at radius 3 is 2.53 bits per heavy atom. The van der Waals surface area contributed by atoms with E-state index in [4.69, 9.17) is 10.8 Å². The minimum atomic E-state index is 0.185. The average molecular weight is 208 g/mol. The van der Waals surface area contributed by atoms with E-state index in [-0.39, 0.29) is 6.61 Å². The first-order valence-electron chi connectivity index (χ1n) is 5.33. The van der Waals surface area contributed by atoms with Gasteiger partial charge in [-0.25, -0.2) is 0 Å². The van der Waals surface area contributed by atoms with E-state index in [0.717, 1.165) is 17.8 Å². The number of nitrogen functional groups attached to an aromatic ring is 1. The molecule has 0 spiro atoms. The molecule has 0 aliphatic rings. The van der Waals surface area contributed by atoms with Crippen molar-refractivity contribution in [2.75, 3.05) is 18.9 Å². The van der Waals surface area contributed by atoms with Crippen LogP contribution in [-0.2, 0) is 6.54 Å². The molecule has 1 aromatic rings. The Morgan fingerprint density at radius 1 is 1.33 bits per heavy atom. The molecule has 0 aliphatic carbocycles. The first-order chi connectivity index (χ1) is 7.15. The van der Waals surface area contributed by atoms with Crippen molar-refractivity contribution in [3.05, 3.63) is 29.8 Å². The molecule has 3 N–H and O–H groups in total. The fourth-order valence-electron chi connectivity index (χ4n) is 1.55. The third-order valence-corrected chi connectivity index (χ3v) is 2.55. The molecule has 0 unspecified atom stereocenters. The van der Waals surface area contributed by atoms with Gasteiger partial charge >= 0.3 is 0 Å². The molecule has 0 aromatic heterocycles. The zero-order valence-electron chi connectivity index (χ0n) is 9.48. The summed E-state index contributed by atoms with van der Waals surface area (Å²) in [6, 6.07) is 8.28. The smallest absolute Gasteiger partial charge is 0.0558 e. The van der Waals surface area contributed by atoms with Crippen molar-refractivity contribution >= 4 is 5.69 Å². The fraction of sp³-hybridized carbons (Fsp3) is 0.500. The second-order valence-corrected chi connectivity index (χ2v) is 3.99. The third kappa shape index (κ3) is 3.53. The maximum atomic E-state index is 8.96. The average Bonchev–Trinajstić information content (AvgIpc) is 2.20. The second-order valence-electron chi connectivity index (χ2n) is 3.99. The number of aliphatic hydroxyl groups is 1. The van der Waals surface area contributed by atoms with Crippen molar-refractivity contribution in [3.8, 4) is 0 Å². The van der Waals surface area contributed by atoms with Gasteiger partial charge in [-0.05, 0) is 25.5 Å². The van der Waals surface area contributed by atoms with E-state index in [9.17, 15) is 0 Å². The SMILES string of the molecule is CC(C)N(CCO)Cc1ccccc1N. The molecule has 0 amide bonds. The van der Waals surface area contributed by atoms with E-state index >= 15 is 0 Å². The van der Waals surface area contributed by atoms with Crippen LogP contribution in [0.15, 0.2) is 24.3 Å². The Morgan fingerprint density at radius 2 is 2.00 bits per heavy atom. The Kier molecular flexibility index (Phi) is 4.59. The maximum Gasteiger partial charge on any atom is 0.0558 e. The topological polar surface area (TPSA) is 49.5 Å². The molecule has 3 heteroatoms. The Labute approximate surface area is 91.5 Å². The highest BCUT2D eigenvalue weighted by Gasteiger charge is 2.10. The zero-order chi connectivity index (χ0) is 11.3. The molecule has 0 aliphatic heterocycles. The van der Waals surface area contributed by atoms with E-state index in [2.05, 4.69) is 18.7 Å². The van der Waals surface area contributed by atoms with Crippen molar-refractivity contribution in [3.63, 3.8) is 0 Å². The van der Waals surface area contributed by atoms with E-state index < -0.39 is 0 Å². The molecular formula is C12H20N2O. The highest BCUT2D eigenvalue weighted by Crippen LogP contribution is 2.14. The largest absolute Gasteiger partial charge is 0.398 e. The molecule has 0 bridgehead atoms. The first kappa shape index (κ1) is 12.0. The summed E-state index contributed by atoms with van der Waals surface area (Å²) in [4.78, 5) is 2.20. The number of rotatable bonds is 5. The van der Waals surface area contributed by atoms with Crippen LogP contribution in [0.3, 0.4) is 0 Å². The van der Waals surface area contributed by atoms with E-state index in [1.807, 2.05) is 24.3 Å². The van der Waals surface area contributed by atoms with Crippen LogP contribution in [0.25, 0.3) is 0 Å². The molecule has 0 heterocycles. The zero-order valence-corrected chi connectivity index (χ0v) is 9.48. The summed E-state index contributed by atoms with van der Waals surface area (Å²) in [5.41, 5.74) is 7.82. The number of hydrogen-bond acceptors (Lipinski definition) is 3. The molecular weight excluding hydrogens is 188 g/mol. The van der Waals surface area contributed by atoms with Gasteiger partial charge in [-0.3, -0.25) is 4.90 Å². The minimum Gasteiger partial charge on any atom is -0.398 e. The first-order valence-corrected chi connectivity index (χ1v) is 5.33. The van der Waals surface area contributed by atoms with Crippen LogP contribution in [0.2, 0.25) is 0 Å². The summed E-state index contributed by atoms with van der Waals surface area (Å²) in [5, 5.41) is 8.96. The van der Waals surface area contributed by atoms with E-state index in [1.165, 1.54) is 0 Å². The second kappa shape index (κ2) is 5.73. The molecule has 15 heavy (non-hydrogen) atoms. The Bertz CT molecular complexity index is 299. The van der Waals surface area contributed by atoms with Gasteiger partial charge in [0.1, 0.15) is 0 Å². The number of anilines is 1. The van der Waals surface area contributed by atoms with Crippen LogP contribution < -0.4 is 5.73 Å². The predicted octanol–water partition coefficient (Wildman–Crippen LogP) is 1.47. The summed E-state index contributed by atoms with van der Waals surface area (Å²) in [5.74, 6) is 0. The van der Waals surface area contributed by atoms with Gasteiger partial charge in [0.2, 0.25) is 0 Å². The number of nitrogens with two attached hydrogens (primary N) is 1. The quantitative estimate of drug-likeness (QED) is 0.720. The molecule has 1 aromatic carbocycles. The van der Waals surface area contributed by atoms with Gasteiger partial charge < -0.3 is 10.8 Å². The normalized spacial score (nSPS) is 11.3. The predicted molar refractivity (Wildman–Crippen MR) is 63.5 cm³/mol. The molecule has 0 radical (unpaired) electrons. The monoisotopic (exact) mass is 208 g/mol. The van der Waals surface area contributed by atoms with Crippen molar-refractivity contribution in [2.24, 2.45) is 0 Å². The van der Waals surface area contributed by atoms with Gasteiger partial charge in [0.05, 0.1) is 6.61 Å². The highest BCUT2D eigenvalue weighted by atomic mass is 16.3. The summed E-state index contributed by atoms with van der Waals surface area (Å²) in [6.07, 6.45) is 0. The molecule has 0 fully saturated rings. The lowest BCUT2D eigenvalue weighted by Gasteiger charge is -2.26. The van der Waals surface area contributed by atoms with Crippen LogP contribution in [0.4, 0.5) is 5.69 Å². The van der Waals surface area contributed by atoms with E-state index in [0.29, 0.717) is 12.6 Å².